The normalized spacial score (nSPS) is 17.9. The van der Waals surface area contributed by atoms with Gasteiger partial charge in [-0.25, -0.2) is 0 Å². The summed E-state index contributed by atoms with van der Waals surface area (Å²) in [5.41, 5.74) is 9.51. The summed E-state index contributed by atoms with van der Waals surface area (Å²) in [6.07, 6.45) is 1.78. The van der Waals surface area contributed by atoms with Crippen molar-refractivity contribution in [3.05, 3.63) is 0 Å². The average molecular weight is 311 g/mol. The lowest BCUT2D eigenvalue weighted by atomic mass is 10.2. The lowest BCUT2D eigenvalue weighted by molar-refractivity contribution is -0.139. The van der Waals surface area contributed by atoms with Gasteiger partial charge in [0.25, 0.3) is 0 Å². The van der Waals surface area contributed by atoms with Crippen LogP contribution in [0.3, 0.4) is 0 Å². The molecule has 1 fully saturated rings. The fraction of sp³-hybridized carbons (Fsp3) is 0.700. The van der Waals surface area contributed by atoms with E-state index in [0.717, 1.165) is 19.4 Å². The van der Waals surface area contributed by atoms with E-state index < -0.39 is 23.9 Å². The molecule has 0 aromatic carbocycles. The van der Waals surface area contributed by atoms with Crippen molar-refractivity contribution in [2.75, 3.05) is 18.8 Å². The average Bonchev–Trinajstić information content (AvgIpc) is 2.93. The first-order chi connectivity index (χ1) is 9.26. The van der Waals surface area contributed by atoms with E-state index in [4.69, 9.17) is 21.1 Å². The molecular formula is C10H21N3O6S. The maximum Gasteiger partial charge on any atom is 0.321 e. The van der Waals surface area contributed by atoms with Crippen LogP contribution < -0.4 is 16.8 Å². The monoisotopic (exact) mass is 311 g/mol. The Labute approximate surface area is 121 Å². The van der Waals surface area contributed by atoms with Crippen molar-refractivity contribution in [1.29, 1.82) is 0 Å². The summed E-state index contributed by atoms with van der Waals surface area (Å²) in [5.74, 6) is -2.50. The molecule has 0 radical (unpaired) electrons. The predicted octanol–water partition coefficient (Wildman–Crippen LogP) is -1.82. The Morgan fingerprint density at radius 1 is 1.30 bits per heavy atom. The summed E-state index contributed by atoms with van der Waals surface area (Å²) in [6.45, 7) is 0.580. The van der Waals surface area contributed by atoms with Gasteiger partial charge in [-0.2, -0.15) is 12.6 Å². The van der Waals surface area contributed by atoms with E-state index in [-0.39, 0.29) is 18.3 Å². The van der Waals surface area contributed by atoms with Gasteiger partial charge in [0.2, 0.25) is 0 Å². The zero-order chi connectivity index (χ0) is 16.1. The molecule has 0 saturated carbocycles. The van der Waals surface area contributed by atoms with Crippen molar-refractivity contribution in [1.82, 2.24) is 5.32 Å². The van der Waals surface area contributed by atoms with Crippen LogP contribution in [0, 0.1) is 0 Å². The van der Waals surface area contributed by atoms with Crippen LogP contribution >= 0.6 is 12.6 Å². The number of thiol groups is 1. The molecule has 1 heterocycles. The van der Waals surface area contributed by atoms with E-state index in [1.807, 2.05) is 0 Å². The van der Waals surface area contributed by atoms with Crippen LogP contribution in [0.2, 0.25) is 0 Å². The molecule has 0 aromatic heterocycles. The van der Waals surface area contributed by atoms with Gasteiger partial charge < -0.3 is 32.1 Å². The van der Waals surface area contributed by atoms with Crippen molar-refractivity contribution in [2.24, 2.45) is 11.5 Å². The SMILES string of the molecule is NCC(=O)O.N[C@@H](CS)C(=O)O.O=C(O)[C@@H]1CCCN1. The molecule has 118 valence electrons. The van der Waals surface area contributed by atoms with E-state index in [1.54, 1.807) is 0 Å². The Morgan fingerprint density at radius 3 is 1.90 bits per heavy atom. The Balaban J connectivity index is 0. The van der Waals surface area contributed by atoms with Crippen LogP contribution in [0.4, 0.5) is 0 Å². The Hall–Kier alpha value is -1.36. The fourth-order valence-corrected chi connectivity index (χ4v) is 1.13. The third-order valence-electron chi connectivity index (χ3n) is 2.05. The number of carbonyl (C=O) groups is 3. The maximum absolute atomic E-state index is 10.1. The topological polar surface area (TPSA) is 176 Å². The summed E-state index contributed by atoms with van der Waals surface area (Å²) < 4.78 is 0. The van der Waals surface area contributed by atoms with Crippen LogP contribution in [0.15, 0.2) is 0 Å². The molecule has 8 N–H and O–H groups in total. The molecule has 1 aliphatic rings. The molecule has 0 aromatic rings. The molecule has 1 aliphatic heterocycles. The third kappa shape index (κ3) is 13.1. The summed E-state index contributed by atoms with van der Waals surface area (Å²) in [5, 5.41) is 26.8. The van der Waals surface area contributed by atoms with E-state index >= 15 is 0 Å². The zero-order valence-corrected chi connectivity index (χ0v) is 11.8. The fourth-order valence-electron chi connectivity index (χ4n) is 0.973. The molecule has 0 spiro atoms. The molecule has 20 heavy (non-hydrogen) atoms. The summed E-state index contributed by atoms with van der Waals surface area (Å²) >= 11 is 3.65. The molecule has 0 aliphatic carbocycles. The minimum Gasteiger partial charge on any atom is -0.480 e. The number of aliphatic carboxylic acids is 3. The number of carboxylic acids is 3. The highest BCUT2D eigenvalue weighted by atomic mass is 32.1. The van der Waals surface area contributed by atoms with Gasteiger partial charge in [0, 0.05) is 5.75 Å². The number of carboxylic acid groups (broad SMARTS) is 3. The molecule has 2 atom stereocenters. The molecule has 0 bridgehead atoms. The highest BCUT2D eigenvalue weighted by molar-refractivity contribution is 7.80. The van der Waals surface area contributed by atoms with Crippen LogP contribution in [0.1, 0.15) is 12.8 Å². The van der Waals surface area contributed by atoms with Crippen LogP contribution in [-0.4, -0.2) is 64.2 Å². The van der Waals surface area contributed by atoms with Gasteiger partial charge >= 0.3 is 17.9 Å². The van der Waals surface area contributed by atoms with Gasteiger partial charge in [0.1, 0.15) is 12.1 Å². The van der Waals surface area contributed by atoms with Gasteiger partial charge in [-0.15, -0.1) is 0 Å². The van der Waals surface area contributed by atoms with Gasteiger partial charge in [0.15, 0.2) is 0 Å². The van der Waals surface area contributed by atoms with Gasteiger partial charge in [-0.1, -0.05) is 0 Å². The number of rotatable bonds is 4. The van der Waals surface area contributed by atoms with Crippen LogP contribution in [-0.2, 0) is 14.4 Å². The van der Waals surface area contributed by atoms with Crippen molar-refractivity contribution < 1.29 is 29.7 Å². The van der Waals surface area contributed by atoms with Crippen molar-refractivity contribution in [3.8, 4) is 0 Å². The quantitative estimate of drug-likeness (QED) is 0.295. The highest BCUT2D eigenvalue weighted by Gasteiger charge is 2.20. The van der Waals surface area contributed by atoms with Gasteiger partial charge in [-0.3, -0.25) is 14.4 Å². The molecule has 0 unspecified atom stereocenters. The third-order valence-corrected chi connectivity index (χ3v) is 2.44. The number of nitrogens with one attached hydrogen (secondary N) is 1. The number of hydrogen-bond acceptors (Lipinski definition) is 7. The van der Waals surface area contributed by atoms with Crippen LogP contribution in [0.25, 0.3) is 0 Å². The Kier molecular flexibility index (Phi) is 13.3. The molecule has 0 amide bonds. The molecule has 10 heteroatoms. The van der Waals surface area contributed by atoms with E-state index in [1.165, 1.54) is 0 Å². The standard InChI is InChI=1S/C5H9NO2.C3H7NO2S.C2H5NO2/c7-5(8)4-2-1-3-6-4;4-2(1-7)3(5)6;3-1-2(4)5/h4,6H,1-3H2,(H,7,8);2,7H,1,4H2,(H,5,6);1,3H2,(H,4,5)/t4-;2-;/m00./s1. The Bertz CT molecular complexity index is 309. The van der Waals surface area contributed by atoms with E-state index in [0.29, 0.717) is 0 Å². The molecule has 1 saturated heterocycles. The number of hydrogen-bond donors (Lipinski definition) is 7. The Morgan fingerprint density at radius 2 is 1.80 bits per heavy atom. The second-order valence-electron chi connectivity index (χ2n) is 3.71. The van der Waals surface area contributed by atoms with Crippen molar-refractivity contribution >= 4 is 30.5 Å². The summed E-state index contributed by atoms with van der Waals surface area (Å²) in [4.78, 5) is 29.1. The van der Waals surface area contributed by atoms with E-state index in [9.17, 15) is 14.4 Å². The summed E-state index contributed by atoms with van der Waals surface area (Å²) in [7, 11) is 0. The smallest absolute Gasteiger partial charge is 0.321 e. The van der Waals surface area contributed by atoms with E-state index in [2.05, 4.69) is 23.7 Å². The van der Waals surface area contributed by atoms with Crippen molar-refractivity contribution in [3.63, 3.8) is 0 Å². The zero-order valence-electron chi connectivity index (χ0n) is 10.9. The molecule has 1 rings (SSSR count). The second-order valence-corrected chi connectivity index (χ2v) is 4.08. The maximum atomic E-state index is 10.1. The lowest BCUT2D eigenvalue weighted by Gasteiger charge is -1.99. The minimum atomic E-state index is -1.00. The molecular weight excluding hydrogens is 290 g/mol. The van der Waals surface area contributed by atoms with Gasteiger partial charge in [0.05, 0.1) is 6.54 Å². The van der Waals surface area contributed by atoms with Gasteiger partial charge in [-0.05, 0) is 19.4 Å². The largest absolute Gasteiger partial charge is 0.480 e. The molecule has 9 nitrogen and oxygen atoms in total. The number of nitrogens with two attached hydrogens (primary N) is 2. The lowest BCUT2D eigenvalue weighted by Crippen LogP contribution is -2.31. The predicted molar refractivity (Wildman–Crippen MR) is 74.8 cm³/mol. The first-order valence-electron chi connectivity index (χ1n) is 5.73. The minimum absolute atomic E-state index is 0.190. The first kappa shape index (κ1) is 20.9. The van der Waals surface area contributed by atoms with Crippen LogP contribution in [0.5, 0.6) is 0 Å². The summed E-state index contributed by atoms with van der Waals surface area (Å²) in [6, 6.07) is -1.08. The van der Waals surface area contributed by atoms with Crippen molar-refractivity contribution in [2.45, 2.75) is 24.9 Å². The highest BCUT2D eigenvalue weighted by Crippen LogP contribution is 2.03. The second kappa shape index (κ2) is 12.7. The first-order valence-corrected chi connectivity index (χ1v) is 6.36.